The van der Waals surface area contributed by atoms with Gasteiger partial charge in [-0.15, -0.1) is 0 Å². The van der Waals surface area contributed by atoms with E-state index in [-0.39, 0.29) is 0 Å². The Hall–Kier alpha value is -2.41. The Morgan fingerprint density at radius 3 is 2.72 bits per heavy atom. The Morgan fingerprint density at radius 2 is 1.89 bits per heavy atom. The van der Waals surface area contributed by atoms with E-state index in [2.05, 4.69) is 39.1 Å². The summed E-state index contributed by atoms with van der Waals surface area (Å²) in [5.74, 6) is 0.689. The van der Waals surface area contributed by atoms with Gasteiger partial charge in [-0.3, -0.25) is 0 Å². The number of nitrogens with zero attached hydrogens (tertiary/aromatic N) is 4. The van der Waals surface area contributed by atoms with Crippen LogP contribution in [0.5, 0.6) is 0 Å². The molecule has 0 atom stereocenters. The van der Waals surface area contributed by atoms with E-state index in [9.17, 15) is 0 Å². The molecule has 2 heterocycles. The van der Waals surface area contributed by atoms with Crippen LogP contribution >= 0.6 is 0 Å². The summed E-state index contributed by atoms with van der Waals surface area (Å²) in [6.07, 6.45) is 4.17. The van der Waals surface area contributed by atoms with Crippen molar-refractivity contribution in [1.82, 2.24) is 9.97 Å². The first-order valence-electron chi connectivity index (χ1n) is 5.91. The molecule has 4 nitrogen and oxygen atoms in total. The number of rotatable bonds is 1. The smallest absolute Gasteiger partial charge is 0.183 e. The predicted molar refractivity (Wildman–Crippen MR) is 67.9 cm³/mol. The third-order valence-electron chi connectivity index (χ3n) is 3.22. The van der Waals surface area contributed by atoms with Gasteiger partial charge in [0.2, 0.25) is 0 Å². The molecule has 1 aromatic heterocycles. The molecule has 0 fully saturated rings. The summed E-state index contributed by atoms with van der Waals surface area (Å²) in [7, 11) is 0. The van der Waals surface area contributed by atoms with Crippen molar-refractivity contribution >= 4 is 5.82 Å². The molecule has 1 aliphatic rings. The first-order chi connectivity index (χ1) is 8.88. The number of fused-ring (bicyclic) bond motifs is 1. The summed E-state index contributed by atoms with van der Waals surface area (Å²) in [6.45, 7) is 1.67. The van der Waals surface area contributed by atoms with Crippen LogP contribution in [-0.2, 0) is 13.0 Å². The van der Waals surface area contributed by atoms with Gasteiger partial charge in [0.05, 0.1) is 0 Å². The normalized spacial score (nSPS) is 13.8. The lowest BCUT2D eigenvalue weighted by molar-refractivity contribution is 0.717. The minimum Gasteiger partial charge on any atom is -0.350 e. The lowest BCUT2D eigenvalue weighted by atomic mass is 10.00. The zero-order valence-corrected chi connectivity index (χ0v) is 9.87. The SMILES string of the molecule is N#Cc1nccnc1N1CCc2ccccc2C1. The third kappa shape index (κ3) is 1.80. The van der Waals surface area contributed by atoms with Crippen molar-refractivity contribution in [2.24, 2.45) is 0 Å². The molecule has 3 rings (SSSR count). The Labute approximate surface area is 106 Å². The van der Waals surface area contributed by atoms with Crippen LogP contribution < -0.4 is 4.90 Å². The zero-order valence-electron chi connectivity index (χ0n) is 9.87. The van der Waals surface area contributed by atoms with E-state index in [1.54, 1.807) is 12.4 Å². The van der Waals surface area contributed by atoms with Crippen LogP contribution in [0.15, 0.2) is 36.7 Å². The monoisotopic (exact) mass is 236 g/mol. The van der Waals surface area contributed by atoms with Crippen LogP contribution in [0.4, 0.5) is 5.82 Å². The lowest BCUT2D eigenvalue weighted by Crippen LogP contribution is -2.31. The van der Waals surface area contributed by atoms with Crippen molar-refractivity contribution in [1.29, 1.82) is 5.26 Å². The summed E-state index contributed by atoms with van der Waals surface area (Å²) in [6, 6.07) is 10.5. The molecular formula is C14H12N4. The molecule has 0 unspecified atom stereocenters. The quantitative estimate of drug-likeness (QED) is 0.759. The predicted octanol–water partition coefficient (Wildman–Crippen LogP) is 1.91. The third-order valence-corrected chi connectivity index (χ3v) is 3.22. The van der Waals surface area contributed by atoms with Crippen LogP contribution in [0, 0.1) is 11.3 Å². The molecule has 1 aromatic carbocycles. The largest absolute Gasteiger partial charge is 0.350 e. The molecule has 0 N–H and O–H groups in total. The Kier molecular flexibility index (Phi) is 2.66. The Bertz CT molecular complexity index is 615. The van der Waals surface area contributed by atoms with E-state index < -0.39 is 0 Å². The van der Waals surface area contributed by atoms with Gasteiger partial charge in [0, 0.05) is 25.5 Å². The maximum atomic E-state index is 9.07. The van der Waals surface area contributed by atoms with Crippen molar-refractivity contribution < 1.29 is 0 Å². The van der Waals surface area contributed by atoms with Crippen LogP contribution in [0.3, 0.4) is 0 Å². The Morgan fingerprint density at radius 1 is 1.11 bits per heavy atom. The fourth-order valence-electron chi connectivity index (χ4n) is 2.32. The molecule has 88 valence electrons. The van der Waals surface area contributed by atoms with Gasteiger partial charge in [-0.2, -0.15) is 5.26 Å². The lowest BCUT2D eigenvalue weighted by Gasteiger charge is -2.29. The molecule has 2 aromatic rings. The molecule has 0 bridgehead atoms. The van der Waals surface area contributed by atoms with Crippen molar-refractivity contribution in [3.63, 3.8) is 0 Å². The summed E-state index contributed by atoms with van der Waals surface area (Å²) < 4.78 is 0. The first-order valence-corrected chi connectivity index (χ1v) is 5.91. The fourth-order valence-corrected chi connectivity index (χ4v) is 2.32. The highest BCUT2D eigenvalue weighted by molar-refractivity contribution is 5.51. The zero-order chi connectivity index (χ0) is 12.4. The highest BCUT2D eigenvalue weighted by atomic mass is 15.2. The van der Waals surface area contributed by atoms with Crippen LogP contribution in [0.2, 0.25) is 0 Å². The van der Waals surface area contributed by atoms with Gasteiger partial charge in [0.1, 0.15) is 6.07 Å². The van der Waals surface area contributed by atoms with E-state index in [0.717, 1.165) is 19.5 Å². The summed E-state index contributed by atoms with van der Waals surface area (Å²) in [5, 5.41) is 9.07. The van der Waals surface area contributed by atoms with Crippen molar-refractivity contribution in [3.05, 3.63) is 53.5 Å². The summed E-state index contributed by atoms with van der Waals surface area (Å²) in [4.78, 5) is 10.5. The van der Waals surface area contributed by atoms with E-state index in [1.165, 1.54) is 11.1 Å². The average molecular weight is 236 g/mol. The van der Waals surface area contributed by atoms with Gasteiger partial charge in [0.15, 0.2) is 11.5 Å². The molecule has 18 heavy (non-hydrogen) atoms. The number of anilines is 1. The Balaban J connectivity index is 1.95. The number of hydrogen-bond donors (Lipinski definition) is 0. The summed E-state index contributed by atoms with van der Waals surface area (Å²) in [5.41, 5.74) is 3.09. The molecule has 1 aliphatic heterocycles. The van der Waals surface area contributed by atoms with Crippen molar-refractivity contribution in [2.75, 3.05) is 11.4 Å². The van der Waals surface area contributed by atoms with Gasteiger partial charge in [0.25, 0.3) is 0 Å². The second-order valence-electron chi connectivity index (χ2n) is 4.28. The number of nitriles is 1. The summed E-state index contributed by atoms with van der Waals surface area (Å²) >= 11 is 0. The van der Waals surface area contributed by atoms with Gasteiger partial charge in [-0.05, 0) is 17.5 Å². The van der Waals surface area contributed by atoms with E-state index in [1.807, 2.05) is 6.07 Å². The first kappa shape index (κ1) is 10.7. The van der Waals surface area contributed by atoms with Crippen molar-refractivity contribution in [3.8, 4) is 6.07 Å². The van der Waals surface area contributed by atoms with Crippen LogP contribution in [0.1, 0.15) is 16.8 Å². The second-order valence-corrected chi connectivity index (χ2v) is 4.28. The van der Waals surface area contributed by atoms with E-state index >= 15 is 0 Å². The number of benzene rings is 1. The maximum Gasteiger partial charge on any atom is 0.183 e. The highest BCUT2D eigenvalue weighted by Gasteiger charge is 2.19. The minimum atomic E-state index is 0.400. The molecule has 0 spiro atoms. The topological polar surface area (TPSA) is 52.8 Å². The molecule has 0 saturated carbocycles. The molecule has 0 amide bonds. The van der Waals surface area contributed by atoms with E-state index in [4.69, 9.17) is 5.26 Å². The molecular weight excluding hydrogens is 224 g/mol. The van der Waals surface area contributed by atoms with E-state index in [0.29, 0.717) is 11.5 Å². The van der Waals surface area contributed by atoms with Crippen LogP contribution in [-0.4, -0.2) is 16.5 Å². The minimum absolute atomic E-state index is 0.400. The maximum absolute atomic E-state index is 9.07. The van der Waals surface area contributed by atoms with Crippen LogP contribution in [0.25, 0.3) is 0 Å². The van der Waals surface area contributed by atoms with Gasteiger partial charge in [-0.1, -0.05) is 24.3 Å². The van der Waals surface area contributed by atoms with Gasteiger partial charge >= 0.3 is 0 Å². The molecule has 0 saturated heterocycles. The number of hydrogen-bond acceptors (Lipinski definition) is 4. The van der Waals surface area contributed by atoms with Gasteiger partial charge < -0.3 is 4.90 Å². The molecule has 4 heteroatoms. The standard InChI is InChI=1S/C14H12N4/c15-9-13-14(17-7-6-16-13)18-8-5-11-3-1-2-4-12(11)10-18/h1-4,6-7H,5,8,10H2. The fraction of sp³-hybridized carbons (Fsp3) is 0.214. The van der Waals surface area contributed by atoms with Crippen molar-refractivity contribution in [2.45, 2.75) is 13.0 Å². The average Bonchev–Trinajstić information content (AvgIpc) is 2.46. The number of aromatic nitrogens is 2. The second kappa shape index (κ2) is 4.46. The molecule has 0 aliphatic carbocycles. The highest BCUT2D eigenvalue weighted by Crippen LogP contribution is 2.23. The van der Waals surface area contributed by atoms with Gasteiger partial charge in [-0.25, -0.2) is 9.97 Å². The molecule has 0 radical (unpaired) electrons.